The van der Waals surface area contributed by atoms with Gasteiger partial charge in [0.15, 0.2) is 0 Å². The number of carbonyl (C=O) groups excluding carboxylic acids is 2. The van der Waals surface area contributed by atoms with Gasteiger partial charge in [-0.1, -0.05) is 38.1 Å². The third kappa shape index (κ3) is 6.69. The van der Waals surface area contributed by atoms with E-state index in [9.17, 15) is 14.0 Å². The summed E-state index contributed by atoms with van der Waals surface area (Å²) < 4.78 is 19.3. The van der Waals surface area contributed by atoms with Gasteiger partial charge >= 0.3 is 6.03 Å². The second kappa shape index (κ2) is 12.8. The normalized spacial score (nSPS) is 15.3. The molecule has 0 spiro atoms. The van der Waals surface area contributed by atoms with Crippen LogP contribution in [0.25, 0.3) is 11.3 Å². The SMILES string of the molecule is CC.Cc1ccc(-c2cnc(C(C3CC3)N3C(=O)CNC3=O)[nH]2)c(F)c1.OCCOc1ccccc1. The van der Waals surface area contributed by atoms with Gasteiger partial charge in [0.25, 0.3) is 5.91 Å². The number of benzene rings is 2. The number of nitrogens with one attached hydrogen (secondary N) is 2. The molecule has 192 valence electrons. The predicted molar refractivity (Wildman–Crippen MR) is 135 cm³/mol. The van der Waals surface area contributed by atoms with Crippen LogP contribution in [-0.2, 0) is 4.79 Å². The standard InChI is InChI=1S/C17H17FN4O2.C8H10O2.C2H6/c1-9-2-5-11(12(18)6-9)13-7-19-16(21-13)15(10-3-4-10)22-14(23)8-20-17(22)24;9-6-7-10-8-4-2-1-3-5-8;1-2/h2,5-7,10,15H,3-4,8H2,1H3,(H,19,21)(H,20,24);1-5,9H,6-7H2;1-2H3. The molecule has 5 rings (SSSR count). The maximum Gasteiger partial charge on any atom is 0.325 e. The Morgan fingerprint density at radius 1 is 1.17 bits per heavy atom. The second-order valence-corrected chi connectivity index (χ2v) is 8.26. The maximum atomic E-state index is 14.2. The van der Waals surface area contributed by atoms with Gasteiger partial charge in [0.05, 0.1) is 25.0 Å². The number of hydrogen-bond donors (Lipinski definition) is 3. The number of carbonyl (C=O) groups is 2. The van der Waals surface area contributed by atoms with Crippen molar-refractivity contribution in [3.8, 4) is 17.0 Å². The highest BCUT2D eigenvalue weighted by Gasteiger charge is 2.45. The molecule has 9 heteroatoms. The number of aryl methyl sites for hydroxylation is 1. The Bertz CT molecular complexity index is 1130. The van der Waals surface area contributed by atoms with Crippen LogP contribution in [0.4, 0.5) is 9.18 Å². The van der Waals surface area contributed by atoms with E-state index in [0.29, 0.717) is 23.7 Å². The number of imide groups is 1. The molecule has 8 nitrogen and oxygen atoms in total. The van der Waals surface area contributed by atoms with E-state index in [1.807, 2.05) is 57.2 Å². The molecule has 3 N–H and O–H groups in total. The molecular weight excluding hydrogens is 463 g/mol. The first-order valence-electron chi connectivity index (χ1n) is 12.2. The minimum Gasteiger partial charge on any atom is -0.491 e. The number of nitrogens with zero attached hydrogens (tertiary/aromatic N) is 2. The van der Waals surface area contributed by atoms with E-state index < -0.39 is 12.1 Å². The van der Waals surface area contributed by atoms with Gasteiger partial charge in [-0.15, -0.1) is 0 Å². The molecule has 2 heterocycles. The van der Waals surface area contributed by atoms with Gasteiger partial charge in [-0.05, 0) is 55.5 Å². The lowest BCUT2D eigenvalue weighted by molar-refractivity contribution is -0.127. The molecule has 1 saturated carbocycles. The number of H-pyrrole nitrogens is 1. The van der Waals surface area contributed by atoms with Crippen molar-refractivity contribution >= 4 is 11.9 Å². The fourth-order valence-corrected chi connectivity index (χ4v) is 3.83. The monoisotopic (exact) mass is 496 g/mol. The molecule has 1 unspecified atom stereocenters. The van der Waals surface area contributed by atoms with Crippen molar-refractivity contribution < 1.29 is 23.8 Å². The van der Waals surface area contributed by atoms with Gasteiger partial charge in [-0.2, -0.15) is 0 Å². The molecule has 2 aromatic carbocycles. The summed E-state index contributed by atoms with van der Waals surface area (Å²) in [6, 6.07) is 13.6. The minimum atomic E-state index is -0.415. The third-order valence-corrected chi connectivity index (χ3v) is 5.62. The lowest BCUT2D eigenvalue weighted by Crippen LogP contribution is -2.36. The Morgan fingerprint density at radius 2 is 1.89 bits per heavy atom. The Kier molecular flexibility index (Phi) is 9.58. The molecule has 3 amide bonds. The molecule has 2 fully saturated rings. The van der Waals surface area contributed by atoms with Gasteiger partial charge in [0.1, 0.15) is 30.0 Å². The number of urea groups is 1. The van der Waals surface area contributed by atoms with E-state index in [0.717, 1.165) is 24.2 Å². The van der Waals surface area contributed by atoms with Crippen molar-refractivity contribution in [2.24, 2.45) is 5.92 Å². The number of aromatic nitrogens is 2. The Morgan fingerprint density at radius 3 is 2.47 bits per heavy atom. The van der Waals surface area contributed by atoms with Crippen molar-refractivity contribution in [2.45, 2.75) is 39.7 Å². The highest BCUT2D eigenvalue weighted by atomic mass is 19.1. The summed E-state index contributed by atoms with van der Waals surface area (Å²) in [7, 11) is 0. The van der Waals surface area contributed by atoms with Crippen molar-refractivity contribution in [3.05, 3.63) is 71.9 Å². The zero-order valence-electron chi connectivity index (χ0n) is 20.8. The number of ether oxygens (including phenoxy) is 1. The summed E-state index contributed by atoms with van der Waals surface area (Å²) >= 11 is 0. The number of rotatable bonds is 7. The number of imidazole rings is 1. The third-order valence-electron chi connectivity index (χ3n) is 5.62. The van der Waals surface area contributed by atoms with Gasteiger partial charge in [-0.25, -0.2) is 14.2 Å². The molecule has 1 aliphatic heterocycles. The maximum absolute atomic E-state index is 14.2. The highest BCUT2D eigenvalue weighted by Crippen LogP contribution is 2.44. The first-order valence-corrected chi connectivity index (χ1v) is 12.2. The largest absolute Gasteiger partial charge is 0.491 e. The van der Waals surface area contributed by atoms with E-state index in [4.69, 9.17) is 9.84 Å². The van der Waals surface area contributed by atoms with Crippen molar-refractivity contribution in [3.63, 3.8) is 0 Å². The smallest absolute Gasteiger partial charge is 0.325 e. The fourth-order valence-electron chi connectivity index (χ4n) is 3.83. The molecule has 1 aliphatic carbocycles. The van der Waals surface area contributed by atoms with Crippen LogP contribution >= 0.6 is 0 Å². The van der Waals surface area contributed by atoms with E-state index in [1.165, 1.54) is 11.0 Å². The number of para-hydroxylation sites is 1. The molecule has 0 radical (unpaired) electrons. The average Bonchev–Trinajstić information content (AvgIpc) is 3.53. The lowest BCUT2D eigenvalue weighted by atomic mass is 10.1. The first-order chi connectivity index (χ1) is 17.5. The number of aromatic amines is 1. The fraction of sp³-hybridized carbons (Fsp3) is 0.370. The van der Waals surface area contributed by atoms with E-state index >= 15 is 0 Å². The molecule has 1 saturated heterocycles. The number of hydrogen-bond acceptors (Lipinski definition) is 5. The molecule has 1 atom stereocenters. The van der Waals surface area contributed by atoms with Crippen molar-refractivity contribution in [1.82, 2.24) is 20.2 Å². The van der Waals surface area contributed by atoms with Crippen LogP contribution < -0.4 is 10.1 Å². The molecule has 0 bridgehead atoms. The van der Waals surface area contributed by atoms with Crippen LogP contribution in [0.3, 0.4) is 0 Å². The summed E-state index contributed by atoms with van der Waals surface area (Å²) in [6.45, 7) is 6.27. The van der Waals surface area contributed by atoms with Gasteiger partial charge in [-0.3, -0.25) is 9.69 Å². The van der Waals surface area contributed by atoms with Gasteiger partial charge in [0.2, 0.25) is 0 Å². The molecular formula is C27H33FN4O4. The summed E-state index contributed by atoms with van der Waals surface area (Å²) in [5.74, 6) is 0.952. The van der Waals surface area contributed by atoms with Crippen molar-refractivity contribution in [2.75, 3.05) is 19.8 Å². The molecule has 1 aromatic heterocycles. The first kappa shape index (κ1) is 26.9. The zero-order chi connectivity index (χ0) is 26.1. The molecule has 3 aromatic rings. The Balaban J connectivity index is 0.000000253. The molecule has 36 heavy (non-hydrogen) atoms. The van der Waals surface area contributed by atoms with Crippen LogP contribution in [0.2, 0.25) is 0 Å². The van der Waals surface area contributed by atoms with Crippen LogP contribution in [0.15, 0.2) is 54.7 Å². The zero-order valence-corrected chi connectivity index (χ0v) is 20.8. The van der Waals surface area contributed by atoms with Crippen LogP contribution in [0.5, 0.6) is 5.75 Å². The van der Waals surface area contributed by atoms with Gasteiger partial charge in [0, 0.05) is 5.56 Å². The number of aliphatic hydroxyl groups is 1. The lowest BCUT2D eigenvalue weighted by Gasteiger charge is -2.23. The van der Waals surface area contributed by atoms with Gasteiger partial charge < -0.3 is 20.1 Å². The minimum absolute atomic E-state index is 0.0161. The quantitative estimate of drug-likeness (QED) is 0.414. The van der Waals surface area contributed by atoms with Crippen LogP contribution in [0.1, 0.15) is 44.1 Å². The second-order valence-electron chi connectivity index (χ2n) is 8.26. The summed E-state index contributed by atoms with van der Waals surface area (Å²) in [5, 5.41) is 10.9. The van der Waals surface area contributed by atoms with Crippen LogP contribution in [0, 0.1) is 18.7 Å². The van der Waals surface area contributed by atoms with E-state index in [-0.39, 0.29) is 30.8 Å². The van der Waals surface area contributed by atoms with E-state index in [2.05, 4.69) is 15.3 Å². The Hall–Kier alpha value is -3.72. The number of aliphatic hydroxyl groups excluding tert-OH is 1. The van der Waals surface area contributed by atoms with Crippen molar-refractivity contribution in [1.29, 1.82) is 0 Å². The average molecular weight is 497 g/mol. The molecule has 2 aliphatic rings. The number of amides is 3. The summed E-state index contributed by atoms with van der Waals surface area (Å²) in [4.78, 5) is 32.7. The topological polar surface area (TPSA) is 108 Å². The summed E-state index contributed by atoms with van der Waals surface area (Å²) in [6.07, 6.45) is 3.43. The summed E-state index contributed by atoms with van der Waals surface area (Å²) in [5.41, 5.74) is 1.80. The van der Waals surface area contributed by atoms with E-state index in [1.54, 1.807) is 12.3 Å². The van der Waals surface area contributed by atoms with Crippen LogP contribution in [-0.4, -0.2) is 51.7 Å². The Labute approximate surface area is 210 Å². The number of halogens is 1. The highest BCUT2D eigenvalue weighted by molar-refractivity contribution is 6.02. The predicted octanol–water partition coefficient (Wildman–Crippen LogP) is 4.61.